The smallest absolute Gasteiger partial charge is 0.257 e. The topological polar surface area (TPSA) is 78.7 Å². The van der Waals surface area contributed by atoms with Crippen molar-refractivity contribution in [2.75, 3.05) is 5.32 Å². The molecule has 6 heteroatoms. The van der Waals surface area contributed by atoms with Gasteiger partial charge in [0.05, 0.1) is 22.3 Å². The summed E-state index contributed by atoms with van der Waals surface area (Å²) in [4.78, 5) is 23.7. The fourth-order valence-electron chi connectivity index (χ4n) is 4.39. The van der Waals surface area contributed by atoms with E-state index in [4.69, 9.17) is 4.98 Å². The Bertz CT molecular complexity index is 1620. The van der Waals surface area contributed by atoms with Gasteiger partial charge in [-0.3, -0.25) is 9.78 Å². The van der Waals surface area contributed by atoms with Crippen molar-refractivity contribution >= 4 is 33.1 Å². The van der Waals surface area contributed by atoms with Crippen LogP contribution in [0.5, 0.6) is 0 Å². The number of hydrogen-bond donors (Lipinski definition) is 1. The molecule has 1 amide bonds. The monoisotopic (exact) mass is 474 g/mol. The number of carbonyl (C=O) groups excluding carboxylic acids is 1. The molecule has 0 atom stereocenters. The Hall–Kier alpha value is -4.34. The van der Waals surface area contributed by atoms with Crippen LogP contribution in [0.4, 0.5) is 5.00 Å². The summed E-state index contributed by atoms with van der Waals surface area (Å²) in [5.41, 5.74) is 7.13. The quantitative estimate of drug-likeness (QED) is 0.302. The van der Waals surface area contributed by atoms with Crippen LogP contribution in [0.1, 0.15) is 31.9 Å². The third-order valence-electron chi connectivity index (χ3n) is 5.94. The first-order chi connectivity index (χ1) is 17.0. The number of fused-ring (bicyclic) bond motifs is 1. The molecule has 170 valence electrons. The van der Waals surface area contributed by atoms with Crippen LogP contribution < -0.4 is 5.32 Å². The SMILES string of the molecule is Cc1cc(C)c2nc(-c3cccnc3)cc(C(=O)Nc3sc(C)c(-c4ccccc4)c3C#N)c2c1. The van der Waals surface area contributed by atoms with Crippen LogP contribution in [0, 0.1) is 32.1 Å². The van der Waals surface area contributed by atoms with Crippen molar-refractivity contribution in [2.45, 2.75) is 20.8 Å². The van der Waals surface area contributed by atoms with Gasteiger partial charge in [0, 0.05) is 33.8 Å². The van der Waals surface area contributed by atoms with Gasteiger partial charge in [0.2, 0.25) is 0 Å². The van der Waals surface area contributed by atoms with E-state index in [-0.39, 0.29) is 5.91 Å². The molecular formula is C29H22N4OS. The van der Waals surface area contributed by atoms with Gasteiger partial charge in [-0.15, -0.1) is 11.3 Å². The number of nitrogens with zero attached hydrogens (tertiary/aromatic N) is 3. The summed E-state index contributed by atoms with van der Waals surface area (Å²) in [6.45, 7) is 5.98. The third kappa shape index (κ3) is 4.18. The number of benzene rings is 2. The molecule has 0 aliphatic heterocycles. The van der Waals surface area contributed by atoms with Gasteiger partial charge < -0.3 is 5.32 Å². The number of thiophene rings is 1. The van der Waals surface area contributed by atoms with Crippen molar-refractivity contribution in [1.82, 2.24) is 9.97 Å². The molecule has 3 heterocycles. The molecule has 0 saturated carbocycles. The van der Waals surface area contributed by atoms with E-state index in [1.54, 1.807) is 18.5 Å². The second-order valence-electron chi connectivity index (χ2n) is 8.44. The summed E-state index contributed by atoms with van der Waals surface area (Å²) in [5, 5.41) is 14.3. The van der Waals surface area contributed by atoms with Crippen molar-refractivity contribution in [3.05, 3.63) is 100 Å². The van der Waals surface area contributed by atoms with E-state index in [0.29, 0.717) is 21.8 Å². The standard InChI is InChI=1S/C29H22N4OS/c1-17-12-18(2)27-22(13-17)23(14-25(32-27)21-10-7-11-31-16-21)28(34)33-29-24(15-30)26(19(3)35-29)20-8-5-4-6-9-20/h4-14,16H,1-3H3,(H,33,34). The van der Waals surface area contributed by atoms with E-state index < -0.39 is 0 Å². The van der Waals surface area contributed by atoms with Crippen LogP contribution in [0.3, 0.4) is 0 Å². The second-order valence-corrected chi connectivity index (χ2v) is 9.67. The van der Waals surface area contributed by atoms with Gasteiger partial charge in [0.25, 0.3) is 5.91 Å². The zero-order chi connectivity index (χ0) is 24.5. The van der Waals surface area contributed by atoms with E-state index in [0.717, 1.165) is 43.6 Å². The van der Waals surface area contributed by atoms with E-state index in [1.807, 2.05) is 69.3 Å². The predicted molar refractivity (Wildman–Crippen MR) is 142 cm³/mol. The molecule has 0 fully saturated rings. The fourth-order valence-corrected chi connectivity index (χ4v) is 5.41. The third-order valence-corrected chi connectivity index (χ3v) is 6.96. The molecular weight excluding hydrogens is 452 g/mol. The highest BCUT2D eigenvalue weighted by atomic mass is 32.1. The number of hydrogen-bond acceptors (Lipinski definition) is 5. The Morgan fingerprint density at radius 1 is 1.00 bits per heavy atom. The number of carbonyl (C=O) groups is 1. The summed E-state index contributed by atoms with van der Waals surface area (Å²) in [6, 6.07) is 21.7. The number of nitriles is 1. The maximum atomic E-state index is 13.7. The molecule has 3 aromatic heterocycles. The molecule has 0 unspecified atom stereocenters. The summed E-state index contributed by atoms with van der Waals surface area (Å²) < 4.78 is 0. The first-order valence-electron chi connectivity index (χ1n) is 11.2. The van der Waals surface area contributed by atoms with Crippen LogP contribution >= 0.6 is 11.3 Å². The minimum absolute atomic E-state index is 0.273. The van der Waals surface area contributed by atoms with Crippen molar-refractivity contribution in [3.63, 3.8) is 0 Å². The number of nitrogens with one attached hydrogen (secondary N) is 1. The van der Waals surface area contributed by atoms with Gasteiger partial charge in [-0.1, -0.05) is 42.0 Å². The van der Waals surface area contributed by atoms with E-state index >= 15 is 0 Å². The summed E-state index contributed by atoms with van der Waals surface area (Å²) in [6.07, 6.45) is 3.45. The molecule has 0 spiro atoms. The zero-order valence-corrected chi connectivity index (χ0v) is 20.4. The Labute approximate surface area is 207 Å². The molecule has 5 rings (SSSR count). The van der Waals surface area contributed by atoms with E-state index in [1.165, 1.54) is 11.3 Å². The molecule has 35 heavy (non-hydrogen) atoms. The summed E-state index contributed by atoms with van der Waals surface area (Å²) >= 11 is 1.42. The number of aryl methyl sites for hydroxylation is 3. The second kappa shape index (κ2) is 9.13. The van der Waals surface area contributed by atoms with Crippen LogP contribution in [0.2, 0.25) is 0 Å². The van der Waals surface area contributed by atoms with Crippen molar-refractivity contribution in [1.29, 1.82) is 5.26 Å². The lowest BCUT2D eigenvalue weighted by Crippen LogP contribution is -2.13. The van der Waals surface area contributed by atoms with Crippen molar-refractivity contribution < 1.29 is 4.79 Å². The first-order valence-corrected chi connectivity index (χ1v) is 12.0. The highest BCUT2D eigenvalue weighted by Crippen LogP contribution is 2.40. The fraction of sp³-hybridized carbons (Fsp3) is 0.103. The van der Waals surface area contributed by atoms with E-state index in [9.17, 15) is 10.1 Å². The number of aromatic nitrogens is 2. The van der Waals surface area contributed by atoms with Gasteiger partial charge in [0.15, 0.2) is 0 Å². The average Bonchev–Trinajstić information content (AvgIpc) is 3.18. The Morgan fingerprint density at radius 2 is 1.77 bits per heavy atom. The van der Waals surface area contributed by atoms with Gasteiger partial charge in [-0.25, -0.2) is 4.98 Å². The average molecular weight is 475 g/mol. The summed E-state index contributed by atoms with van der Waals surface area (Å²) in [7, 11) is 0. The zero-order valence-electron chi connectivity index (χ0n) is 19.6. The van der Waals surface area contributed by atoms with Gasteiger partial charge >= 0.3 is 0 Å². The Kier molecular flexibility index (Phi) is 5.86. The van der Waals surface area contributed by atoms with Crippen LogP contribution in [0.25, 0.3) is 33.3 Å². The number of amides is 1. The Balaban J connectivity index is 1.64. The van der Waals surface area contributed by atoms with E-state index in [2.05, 4.69) is 22.4 Å². The maximum absolute atomic E-state index is 13.7. The Morgan fingerprint density at radius 3 is 2.49 bits per heavy atom. The number of rotatable bonds is 4. The molecule has 0 saturated heterocycles. The van der Waals surface area contributed by atoms with Gasteiger partial charge in [0.1, 0.15) is 11.1 Å². The molecule has 0 bridgehead atoms. The van der Waals surface area contributed by atoms with Crippen molar-refractivity contribution in [2.24, 2.45) is 0 Å². The largest absolute Gasteiger partial charge is 0.312 e. The number of anilines is 1. The van der Waals surface area contributed by atoms with Crippen LogP contribution in [0.15, 0.2) is 73.1 Å². The molecule has 1 N–H and O–H groups in total. The highest BCUT2D eigenvalue weighted by Gasteiger charge is 2.21. The van der Waals surface area contributed by atoms with Gasteiger partial charge in [-0.2, -0.15) is 5.26 Å². The molecule has 5 aromatic rings. The minimum atomic E-state index is -0.273. The highest BCUT2D eigenvalue weighted by molar-refractivity contribution is 7.17. The molecule has 2 aromatic carbocycles. The number of pyridine rings is 2. The minimum Gasteiger partial charge on any atom is -0.312 e. The van der Waals surface area contributed by atoms with Crippen LogP contribution in [-0.2, 0) is 0 Å². The lowest BCUT2D eigenvalue weighted by Gasteiger charge is -2.12. The van der Waals surface area contributed by atoms with Gasteiger partial charge in [-0.05, 0) is 56.2 Å². The first kappa shape index (κ1) is 22.5. The molecule has 0 radical (unpaired) electrons. The predicted octanol–water partition coefficient (Wildman–Crippen LogP) is 7.07. The van der Waals surface area contributed by atoms with Crippen molar-refractivity contribution in [3.8, 4) is 28.5 Å². The normalized spacial score (nSPS) is 10.8. The molecule has 0 aliphatic rings. The summed E-state index contributed by atoms with van der Waals surface area (Å²) in [5.74, 6) is -0.273. The molecule has 5 nitrogen and oxygen atoms in total. The maximum Gasteiger partial charge on any atom is 0.257 e. The lowest BCUT2D eigenvalue weighted by molar-refractivity contribution is 0.102. The molecule has 0 aliphatic carbocycles. The lowest BCUT2D eigenvalue weighted by atomic mass is 9.99. The van der Waals surface area contributed by atoms with Crippen LogP contribution in [-0.4, -0.2) is 15.9 Å².